The highest BCUT2D eigenvalue weighted by molar-refractivity contribution is 9.10. The van der Waals surface area contributed by atoms with Crippen molar-refractivity contribution < 1.29 is 18.0 Å². The van der Waals surface area contributed by atoms with Crippen LogP contribution in [0.3, 0.4) is 0 Å². The van der Waals surface area contributed by atoms with Gasteiger partial charge in [0, 0.05) is 16.1 Å². The molecule has 3 aromatic rings. The Morgan fingerprint density at radius 2 is 1.86 bits per heavy atom. The second kappa shape index (κ2) is 7.20. The van der Waals surface area contributed by atoms with Crippen molar-refractivity contribution in [3.8, 4) is 11.3 Å². The summed E-state index contributed by atoms with van der Waals surface area (Å²) in [6, 6.07) is 7.76. The monoisotopic (exact) mass is 452 g/mol. The Hall–Kier alpha value is -2.42. The van der Waals surface area contributed by atoms with E-state index in [1.807, 2.05) is 0 Å². The predicted molar refractivity (Wildman–Crippen MR) is 101 cm³/mol. The smallest absolute Gasteiger partial charge is 0.349 e. The SMILES string of the molecule is O=C(NC1CCCC1)c1cnn2c(C(F)(F)F)cc(-c3ccc(Br)cc3)nc12. The molecule has 1 saturated carbocycles. The van der Waals surface area contributed by atoms with Crippen LogP contribution in [0.1, 0.15) is 41.7 Å². The predicted octanol–water partition coefficient (Wildman–Crippen LogP) is 4.85. The largest absolute Gasteiger partial charge is 0.433 e. The van der Waals surface area contributed by atoms with Crippen molar-refractivity contribution in [3.63, 3.8) is 0 Å². The van der Waals surface area contributed by atoms with Crippen molar-refractivity contribution in [1.82, 2.24) is 19.9 Å². The highest BCUT2D eigenvalue weighted by Crippen LogP contribution is 2.33. The molecule has 28 heavy (non-hydrogen) atoms. The Kier molecular flexibility index (Phi) is 4.86. The van der Waals surface area contributed by atoms with Crippen molar-refractivity contribution >= 4 is 27.5 Å². The molecule has 0 atom stereocenters. The lowest BCUT2D eigenvalue weighted by molar-refractivity contribution is -0.142. The number of amides is 1. The van der Waals surface area contributed by atoms with Gasteiger partial charge in [-0.2, -0.15) is 18.3 Å². The van der Waals surface area contributed by atoms with Crippen molar-refractivity contribution in [1.29, 1.82) is 0 Å². The first-order valence-corrected chi connectivity index (χ1v) is 9.65. The molecule has 1 amide bonds. The van der Waals surface area contributed by atoms with E-state index in [-0.39, 0.29) is 22.9 Å². The van der Waals surface area contributed by atoms with E-state index in [2.05, 4.69) is 31.3 Å². The molecule has 1 fully saturated rings. The number of alkyl halides is 3. The molecule has 0 bridgehead atoms. The minimum absolute atomic E-state index is 0.0383. The van der Waals surface area contributed by atoms with Crippen LogP contribution in [0.5, 0.6) is 0 Å². The highest BCUT2D eigenvalue weighted by atomic mass is 79.9. The normalized spacial score (nSPS) is 15.3. The second-order valence-corrected chi connectivity index (χ2v) is 7.70. The van der Waals surface area contributed by atoms with Crippen LogP contribution in [0.25, 0.3) is 16.9 Å². The van der Waals surface area contributed by atoms with Crippen molar-refractivity contribution in [2.24, 2.45) is 0 Å². The molecule has 0 radical (unpaired) electrons. The van der Waals surface area contributed by atoms with E-state index < -0.39 is 17.8 Å². The lowest BCUT2D eigenvalue weighted by Gasteiger charge is -2.13. The van der Waals surface area contributed by atoms with Crippen LogP contribution >= 0.6 is 15.9 Å². The van der Waals surface area contributed by atoms with Gasteiger partial charge in [0.25, 0.3) is 5.91 Å². The number of hydrogen-bond acceptors (Lipinski definition) is 3. The summed E-state index contributed by atoms with van der Waals surface area (Å²) < 4.78 is 42.3. The fourth-order valence-electron chi connectivity index (χ4n) is 3.43. The third-order valence-electron chi connectivity index (χ3n) is 4.84. The summed E-state index contributed by atoms with van der Waals surface area (Å²) in [5.41, 5.74) is -0.405. The van der Waals surface area contributed by atoms with Crippen molar-refractivity contribution in [2.75, 3.05) is 0 Å². The first-order chi connectivity index (χ1) is 13.3. The van der Waals surface area contributed by atoms with Crippen LogP contribution in [0.2, 0.25) is 0 Å². The van der Waals surface area contributed by atoms with Gasteiger partial charge in [0.15, 0.2) is 11.3 Å². The topological polar surface area (TPSA) is 59.3 Å². The Balaban J connectivity index is 1.83. The van der Waals surface area contributed by atoms with Gasteiger partial charge in [-0.1, -0.05) is 40.9 Å². The van der Waals surface area contributed by atoms with Gasteiger partial charge >= 0.3 is 6.18 Å². The number of carbonyl (C=O) groups is 1. The zero-order valence-corrected chi connectivity index (χ0v) is 16.2. The standard InChI is InChI=1S/C19H16BrF3N4O/c20-12-7-5-11(6-8-12)15-9-16(19(21,22)23)27-17(26-15)14(10-24-27)18(28)25-13-3-1-2-4-13/h5-10,13H,1-4H2,(H,25,28). The maximum Gasteiger partial charge on any atom is 0.433 e. The lowest BCUT2D eigenvalue weighted by atomic mass is 10.1. The number of aromatic nitrogens is 3. The van der Waals surface area contributed by atoms with E-state index in [0.717, 1.165) is 42.4 Å². The molecule has 0 spiro atoms. The molecule has 5 nitrogen and oxygen atoms in total. The zero-order valence-electron chi connectivity index (χ0n) is 14.6. The zero-order chi connectivity index (χ0) is 19.9. The van der Waals surface area contributed by atoms with Crippen LogP contribution in [-0.4, -0.2) is 26.5 Å². The summed E-state index contributed by atoms with van der Waals surface area (Å²) in [5.74, 6) is -0.449. The highest BCUT2D eigenvalue weighted by Gasteiger charge is 2.36. The molecule has 2 aromatic heterocycles. The maximum atomic E-state index is 13.6. The van der Waals surface area contributed by atoms with Crippen molar-refractivity contribution in [2.45, 2.75) is 37.9 Å². The molecule has 0 aliphatic heterocycles. The second-order valence-electron chi connectivity index (χ2n) is 6.78. The molecule has 0 unspecified atom stereocenters. The molecular formula is C19H16BrF3N4O. The van der Waals surface area contributed by atoms with Crippen LogP contribution in [0.4, 0.5) is 13.2 Å². The molecule has 1 N–H and O–H groups in total. The van der Waals surface area contributed by atoms with E-state index in [1.165, 1.54) is 0 Å². The minimum Gasteiger partial charge on any atom is -0.349 e. The number of benzene rings is 1. The van der Waals surface area contributed by atoms with Gasteiger partial charge in [0.05, 0.1) is 11.9 Å². The Labute approximate surface area is 167 Å². The van der Waals surface area contributed by atoms with Gasteiger partial charge in [-0.25, -0.2) is 9.50 Å². The number of halogens is 4. The lowest BCUT2D eigenvalue weighted by Crippen LogP contribution is -2.32. The summed E-state index contributed by atoms with van der Waals surface area (Å²) >= 11 is 3.30. The molecule has 1 aromatic carbocycles. The molecular weight excluding hydrogens is 437 g/mol. The first-order valence-electron chi connectivity index (χ1n) is 8.86. The van der Waals surface area contributed by atoms with E-state index in [1.54, 1.807) is 24.3 Å². The molecule has 9 heteroatoms. The number of hydrogen-bond donors (Lipinski definition) is 1. The average Bonchev–Trinajstić information content (AvgIpc) is 3.30. The third kappa shape index (κ3) is 3.63. The average molecular weight is 453 g/mol. The molecule has 1 aliphatic rings. The van der Waals surface area contributed by atoms with Crippen LogP contribution in [0, 0.1) is 0 Å². The maximum absolute atomic E-state index is 13.6. The summed E-state index contributed by atoms with van der Waals surface area (Å²) in [4.78, 5) is 17.0. The van der Waals surface area contributed by atoms with Gasteiger partial charge in [-0.3, -0.25) is 4.79 Å². The first kappa shape index (κ1) is 18.9. The van der Waals surface area contributed by atoms with Gasteiger partial charge in [-0.05, 0) is 31.0 Å². The van der Waals surface area contributed by atoms with Crippen LogP contribution in [0.15, 0.2) is 41.0 Å². The molecule has 2 heterocycles. The number of rotatable bonds is 3. The van der Waals surface area contributed by atoms with E-state index >= 15 is 0 Å². The molecule has 4 rings (SSSR count). The van der Waals surface area contributed by atoms with E-state index in [4.69, 9.17) is 0 Å². The number of fused-ring (bicyclic) bond motifs is 1. The summed E-state index contributed by atoms with van der Waals surface area (Å²) in [6.45, 7) is 0. The quantitative estimate of drug-likeness (QED) is 0.617. The summed E-state index contributed by atoms with van der Waals surface area (Å²) in [6.07, 6.45) is 0.310. The third-order valence-corrected chi connectivity index (χ3v) is 5.37. The Morgan fingerprint density at radius 1 is 1.18 bits per heavy atom. The fourth-order valence-corrected chi connectivity index (χ4v) is 3.69. The van der Waals surface area contributed by atoms with Crippen LogP contribution < -0.4 is 5.32 Å². The van der Waals surface area contributed by atoms with Gasteiger partial charge < -0.3 is 5.32 Å². The van der Waals surface area contributed by atoms with Gasteiger partial charge in [-0.15, -0.1) is 0 Å². The van der Waals surface area contributed by atoms with E-state index in [0.29, 0.717) is 10.1 Å². The van der Waals surface area contributed by atoms with Crippen molar-refractivity contribution in [3.05, 3.63) is 52.3 Å². The van der Waals surface area contributed by atoms with Gasteiger partial charge in [0.1, 0.15) is 5.56 Å². The number of nitrogens with zero attached hydrogens (tertiary/aromatic N) is 3. The summed E-state index contributed by atoms with van der Waals surface area (Å²) in [7, 11) is 0. The fraction of sp³-hybridized carbons (Fsp3) is 0.316. The summed E-state index contributed by atoms with van der Waals surface area (Å²) in [5, 5.41) is 6.67. The minimum atomic E-state index is -4.64. The van der Waals surface area contributed by atoms with Crippen LogP contribution in [-0.2, 0) is 6.18 Å². The Bertz CT molecular complexity index is 1020. The number of carbonyl (C=O) groups excluding carboxylic acids is 1. The van der Waals surface area contributed by atoms with E-state index in [9.17, 15) is 18.0 Å². The van der Waals surface area contributed by atoms with Gasteiger partial charge in [0.2, 0.25) is 0 Å². The number of nitrogens with one attached hydrogen (secondary N) is 1. The molecule has 0 saturated heterocycles. The molecule has 1 aliphatic carbocycles. The Morgan fingerprint density at radius 3 is 2.50 bits per heavy atom. The molecule has 146 valence electrons.